The molecule has 1 aromatic rings. The molecule has 0 saturated heterocycles. The normalized spacial score (nSPS) is 10.3. The van der Waals surface area contributed by atoms with Gasteiger partial charge in [-0.15, -0.1) is 0 Å². The SMILES string of the molecule is CCOc1ccc(CCN(C)C(=O)CNC)cc1C. The van der Waals surface area contributed by atoms with E-state index in [9.17, 15) is 4.79 Å². The molecular weight excluding hydrogens is 240 g/mol. The van der Waals surface area contributed by atoms with Crippen molar-refractivity contribution in [3.05, 3.63) is 29.3 Å². The lowest BCUT2D eigenvalue weighted by molar-refractivity contribution is -0.128. The molecule has 0 aromatic heterocycles. The van der Waals surface area contributed by atoms with E-state index in [0.717, 1.165) is 24.3 Å². The maximum Gasteiger partial charge on any atom is 0.236 e. The lowest BCUT2D eigenvalue weighted by Gasteiger charge is -2.17. The van der Waals surface area contributed by atoms with E-state index in [0.29, 0.717) is 13.2 Å². The van der Waals surface area contributed by atoms with Crippen LogP contribution < -0.4 is 10.1 Å². The standard InChI is InChI=1S/C15H24N2O2/c1-5-19-14-7-6-13(10-12(14)2)8-9-17(4)15(18)11-16-3/h6-7,10,16H,5,8-9,11H2,1-4H3. The second-order valence-corrected chi connectivity index (χ2v) is 4.63. The van der Waals surface area contributed by atoms with Crippen molar-refractivity contribution in [1.82, 2.24) is 10.2 Å². The van der Waals surface area contributed by atoms with Crippen LogP contribution in [0.1, 0.15) is 18.1 Å². The zero-order valence-corrected chi connectivity index (χ0v) is 12.3. The molecule has 1 N–H and O–H groups in total. The van der Waals surface area contributed by atoms with Crippen molar-refractivity contribution in [2.75, 3.05) is 33.8 Å². The van der Waals surface area contributed by atoms with E-state index in [-0.39, 0.29) is 5.91 Å². The van der Waals surface area contributed by atoms with E-state index >= 15 is 0 Å². The number of carbonyl (C=O) groups excluding carboxylic acids is 1. The van der Waals surface area contributed by atoms with Gasteiger partial charge in [0.25, 0.3) is 0 Å². The maximum atomic E-state index is 11.6. The second-order valence-electron chi connectivity index (χ2n) is 4.63. The fraction of sp³-hybridized carbons (Fsp3) is 0.533. The van der Waals surface area contributed by atoms with Crippen LogP contribution in [0.5, 0.6) is 5.75 Å². The number of benzene rings is 1. The predicted octanol–water partition coefficient (Wildman–Crippen LogP) is 1.61. The molecule has 0 heterocycles. The molecule has 0 radical (unpaired) electrons. The predicted molar refractivity (Wildman–Crippen MR) is 77.6 cm³/mol. The molecule has 19 heavy (non-hydrogen) atoms. The van der Waals surface area contributed by atoms with Gasteiger partial charge >= 0.3 is 0 Å². The van der Waals surface area contributed by atoms with Crippen molar-refractivity contribution >= 4 is 5.91 Å². The smallest absolute Gasteiger partial charge is 0.236 e. The van der Waals surface area contributed by atoms with Gasteiger partial charge in [-0.1, -0.05) is 12.1 Å². The minimum Gasteiger partial charge on any atom is -0.494 e. The summed E-state index contributed by atoms with van der Waals surface area (Å²) in [5.41, 5.74) is 2.37. The first-order chi connectivity index (χ1) is 9.08. The molecule has 0 bridgehead atoms. The molecule has 4 heteroatoms. The van der Waals surface area contributed by atoms with Crippen LogP contribution in [0.2, 0.25) is 0 Å². The number of amides is 1. The third-order valence-electron chi connectivity index (χ3n) is 3.03. The van der Waals surface area contributed by atoms with E-state index in [1.54, 1.807) is 11.9 Å². The highest BCUT2D eigenvalue weighted by Gasteiger charge is 2.07. The number of nitrogens with one attached hydrogen (secondary N) is 1. The van der Waals surface area contributed by atoms with Crippen molar-refractivity contribution in [2.45, 2.75) is 20.3 Å². The van der Waals surface area contributed by atoms with E-state index in [1.165, 1.54) is 5.56 Å². The molecule has 106 valence electrons. The Morgan fingerprint density at radius 1 is 1.42 bits per heavy atom. The van der Waals surface area contributed by atoms with Crippen LogP contribution in [-0.4, -0.2) is 44.6 Å². The highest BCUT2D eigenvalue weighted by atomic mass is 16.5. The molecule has 0 unspecified atom stereocenters. The van der Waals surface area contributed by atoms with Crippen LogP contribution in [0.25, 0.3) is 0 Å². The van der Waals surface area contributed by atoms with Crippen LogP contribution in [0.4, 0.5) is 0 Å². The molecule has 0 fully saturated rings. The average molecular weight is 264 g/mol. The second kappa shape index (κ2) is 7.79. The van der Waals surface area contributed by atoms with Gasteiger partial charge in [0.05, 0.1) is 13.2 Å². The minimum atomic E-state index is 0.116. The summed E-state index contributed by atoms with van der Waals surface area (Å²) in [6, 6.07) is 6.19. The monoisotopic (exact) mass is 264 g/mol. The van der Waals surface area contributed by atoms with Gasteiger partial charge in [-0.2, -0.15) is 0 Å². The van der Waals surface area contributed by atoms with Crippen molar-refractivity contribution in [3.63, 3.8) is 0 Å². The first-order valence-corrected chi connectivity index (χ1v) is 6.69. The number of ether oxygens (including phenoxy) is 1. The lowest BCUT2D eigenvalue weighted by Crippen LogP contribution is -2.35. The van der Waals surface area contributed by atoms with E-state index in [4.69, 9.17) is 4.74 Å². The summed E-state index contributed by atoms with van der Waals surface area (Å²) in [6.07, 6.45) is 0.860. The molecule has 1 amide bonds. The van der Waals surface area contributed by atoms with Crippen LogP contribution >= 0.6 is 0 Å². The summed E-state index contributed by atoms with van der Waals surface area (Å²) in [5, 5.41) is 2.87. The summed E-state index contributed by atoms with van der Waals surface area (Å²) in [5.74, 6) is 1.05. The quantitative estimate of drug-likeness (QED) is 0.813. The fourth-order valence-corrected chi connectivity index (χ4v) is 1.89. The van der Waals surface area contributed by atoms with E-state index in [1.807, 2.05) is 27.0 Å². The number of aryl methyl sites for hydroxylation is 1. The molecule has 0 spiro atoms. The number of rotatable bonds is 7. The number of hydrogen-bond acceptors (Lipinski definition) is 3. The zero-order valence-electron chi connectivity index (χ0n) is 12.3. The summed E-state index contributed by atoms with van der Waals surface area (Å²) in [6.45, 7) is 5.83. The minimum absolute atomic E-state index is 0.116. The average Bonchev–Trinajstić information content (AvgIpc) is 2.39. The fourth-order valence-electron chi connectivity index (χ4n) is 1.89. The van der Waals surface area contributed by atoms with Gasteiger partial charge in [-0.3, -0.25) is 4.79 Å². The van der Waals surface area contributed by atoms with Crippen LogP contribution in [0.15, 0.2) is 18.2 Å². The van der Waals surface area contributed by atoms with Gasteiger partial charge in [0.2, 0.25) is 5.91 Å². The molecule has 1 rings (SSSR count). The molecule has 0 aliphatic rings. The van der Waals surface area contributed by atoms with Crippen LogP contribution in [0, 0.1) is 6.92 Å². The topological polar surface area (TPSA) is 41.6 Å². The van der Waals surface area contributed by atoms with Crippen molar-refractivity contribution in [1.29, 1.82) is 0 Å². The highest BCUT2D eigenvalue weighted by Crippen LogP contribution is 2.19. The van der Waals surface area contributed by atoms with E-state index in [2.05, 4.69) is 17.4 Å². The summed E-state index contributed by atoms with van der Waals surface area (Å²) in [7, 11) is 3.61. The zero-order chi connectivity index (χ0) is 14.3. The Hall–Kier alpha value is -1.55. The molecule has 0 aliphatic carbocycles. The number of carbonyl (C=O) groups is 1. The molecule has 4 nitrogen and oxygen atoms in total. The molecule has 0 atom stereocenters. The van der Waals surface area contributed by atoms with Crippen molar-refractivity contribution < 1.29 is 9.53 Å². The van der Waals surface area contributed by atoms with Crippen LogP contribution in [0.3, 0.4) is 0 Å². The highest BCUT2D eigenvalue weighted by molar-refractivity contribution is 5.77. The Labute approximate surface area is 115 Å². The molecule has 0 aliphatic heterocycles. The van der Waals surface area contributed by atoms with Gasteiger partial charge in [0.1, 0.15) is 5.75 Å². The molecule has 1 aromatic carbocycles. The van der Waals surface area contributed by atoms with Gasteiger partial charge in [0.15, 0.2) is 0 Å². The Balaban J connectivity index is 2.54. The third-order valence-corrected chi connectivity index (χ3v) is 3.03. The Kier molecular flexibility index (Phi) is 6.36. The lowest BCUT2D eigenvalue weighted by atomic mass is 10.1. The number of nitrogens with zero attached hydrogens (tertiary/aromatic N) is 1. The summed E-state index contributed by atoms with van der Waals surface area (Å²) >= 11 is 0. The first-order valence-electron chi connectivity index (χ1n) is 6.69. The Morgan fingerprint density at radius 2 is 2.16 bits per heavy atom. The van der Waals surface area contributed by atoms with Crippen molar-refractivity contribution in [3.8, 4) is 5.75 Å². The van der Waals surface area contributed by atoms with Crippen LogP contribution in [-0.2, 0) is 11.2 Å². The third kappa shape index (κ3) is 4.91. The number of hydrogen-bond donors (Lipinski definition) is 1. The first kappa shape index (κ1) is 15.5. The maximum absolute atomic E-state index is 11.6. The van der Waals surface area contributed by atoms with E-state index < -0.39 is 0 Å². The van der Waals surface area contributed by atoms with Gasteiger partial charge < -0.3 is 15.0 Å². The Morgan fingerprint density at radius 3 is 2.74 bits per heavy atom. The van der Waals surface area contributed by atoms with Gasteiger partial charge in [-0.05, 0) is 44.5 Å². The summed E-state index contributed by atoms with van der Waals surface area (Å²) < 4.78 is 5.51. The Bertz CT molecular complexity index is 419. The molecule has 0 saturated carbocycles. The largest absolute Gasteiger partial charge is 0.494 e. The van der Waals surface area contributed by atoms with Crippen molar-refractivity contribution in [2.24, 2.45) is 0 Å². The number of likely N-dealkylation sites (N-methyl/N-ethyl adjacent to an activating group) is 2. The van der Waals surface area contributed by atoms with Gasteiger partial charge in [0, 0.05) is 13.6 Å². The summed E-state index contributed by atoms with van der Waals surface area (Å²) in [4.78, 5) is 13.4. The molecular formula is C15H24N2O2. The van der Waals surface area contributed by atoms with Gasteiger partial charge in [-0.25, -0.2) is 0 Å².